The zero-order valence-electron chi connectivity index (χ0n) is 7.95. The van der Waals surface area contributed by atoms with Crippen LogP contribution in [0.4, 0.5) is 0 Å². The second kappa shape index (κ2) is 4.22. The number of aliphatic hydroxyl groups excluding tert-OH is 3. The number of hydrogen-bond donors (Lipinski definition) is 3. The molecule has 1 rings (SSSR count). The highest BCUT2D eigenvalue weighted by molar-refractivity contribution is 5.66. The van der Waals surface area contributed by atoms with E-state index in [1.165, 1.54) is 6.92 Å². The zero-order valence-corrected chi connectivity index (χ0v) is 7.95. The van der Waals surface area contributed by atoms with Crippen LogP contribution < -0.4 is 0 Å². The number of aliphatic hydroxyl groups is 3. The number of esters is 1. The van der Waals surface area contributed by atoms with Crippen LogP contribution >= 0.6 is 0 Å². The summed E-state index contributed by atoms with van der Waals surface area (Å²) in [4.78, 5) is 10.6. The smallest absolute Gasteiger partial charge is 0.303 e. The van der Waals surface area contributed by atoms with E-state index in [-0.39, 0.29) is 0 Å². The monoisotopic (exact) mass is 206 g/mol. The van der Waals surface area contributed by atoms with Crippen molar-refractivity contribution in [3.05, 3.63) is 0 Å². The maximum Gasteiger partial charge on any atom is 0.303 e. The lowest BCUT2D eigenvalue weighted by molar-refractivity contribution is -0.281. The van der Waals surface area contributed by atoms with Gasteiger partial charge in [-0.1, -0.05) is 0 Å². The molecule has 6 heteroatoms. The van der Waals surface area contributed by atoms with Gasteiger partial charge in [-0.3, -0.25) is 4.79 Å². The van der Waals surface area contributed by atoms with Gasteiger partial charge in [0.15, 0.2) is 12.4 Å². The largest absolute Gasteiger partial charge is 0.457 e. The number of ether oxygens (including phenoxy) is 2. The van der Waals surface area contributed by atoms with E-state index < -0.39 is 36.7 Å². The molecule has 1 saturated heterocycles. The Morgan fingerprint density at radius 1 is 1.29 bits per heavy atom. The standard InChI is InChI=1S/C8H14O6/c1-3-5(10)7(14-4(2)9)6(11)8(12)13-3/h3,5-8,10-12H,1-2H3/t3-,5-,6-,7+,8+/m0/s1. The average molecular weight is 206 g/mol. The van der Waals surface area contributed by atoms with Gasteiger partial charge in [0.05, 0.1) is 6.10 Å². The molecule has 0 aromatic rings. The van der Waals surface area contributed by atoms with Crippen molar-refractivity contribution in [3.8, 4) is 0 Å². The summed E-state index contributed by atoms with van der Waals surface area (Å²) in [7, 11) is 0. The molecule has 0 aromatic carbocycles. The SMILES string of the molecule is CC(=O)O[C@@H]1[C@@H](O)[C@H](C)O[C@@H](O)[C@H]1O. The fourth-order valence-corrected chi connectivity index (χ4v) is 1.34. The van der Waals surface area contributed by atoms with E-state index in [1.54, 1.807) is 0 Å². The molecule has 1 fully saturated rings. The Hall–Kier alpha value is -0.690. The van der Waals surface area contributed by atoms with Gasteiger partial charge in [-0.2, -0.15) is 0 Å². The first-order valence-electron chi connectivity index (χ1n) is 4.30. The third-order valence-electron chi connectivity index (χ3n) is 2.10. The number of carbonyl (C=O) groups is 1. The lowest BCUT2D eigenvalue weighted by Crippen LogP contribution is -2.57. The third kappa shape index (κ3) is 2.21. The minimum absolute atomic E-state index is 0.630. The molecule has 0 unspecified atom stereocenters. The summed E-state index contributed by atoms with van der Waals surface area (Å²) in [5, 5.41) is 28.0. The minimum atomic E-state index is -1.45. The topological polar surface area (TPSA) is 96.2 Å². The molecule has 0 aliphatic carbocycles. The van der Waals surface area contributed by atoms with Gasteiger partial charge in [0.2, 0.25) is 0 Å². The van der Waals surface area contributed by atoms with Gasteiger partial charge in [-0.05, 0) is 6.92 Å². The third-order valence-corrected chi connectivity index (χ3v) is 2.10. The fraction of sp³-hybridized carbons (Fsp3) is 0.875. The van der Waals surface area contributed by atoms with Crippen molar-refractivity contribution in [1.82, 2.24) is 0 Å². The van der Waals surface area contributed by atoms with Crippen molar-refractivity contribution in [1.29, 1.82) is 0 Å². The van der Waals surface area contributed by atoms with Gasteiger partial charge in [0, 0.05) is 6.92 Å². The molecule has 5 atom stereocenters. The van der Waals surface area contributed by atoms with Crippen molar-refractivity contribution in [3.63, 3.8) is 0 Å². The van der Waals surface area contributed by atoms with Crippen molar-refractivity contribution in [2.45, 2.75) is 44.6 Å². The van der Waals surface area contributed by atoms with Crippen LogP contribution in [-0.2, 0) is 14.3 Å². The zero-order chi connectivity index (χ0) is 10.9. The maximum atomic E-state index is 10.6. The van der Waals surface area contributed by atoms with Crippen molar-refractivity contribution < 1.29 is 29.6 Å². The molecule has 3 N–H and O–H groups in total. The van der Waals surface area contributed by atoms with E-state index in [4.69, 9.17) is 4.74 Å². The fourth-order valence-electron chi connectivity index (χ4n) is 1.34. The molecule has 14 heavy (non-hydrogen) atoms. The first-order chi connectivity index (χ1) is 6.43. The minimum Gasteiger partial charge on any atom is -0.457 e. The van der Waals surface area contributed by atoms with Crippen LogP contribution in [0, 0.1) is 0 Å². The lowest BCUT2D eigenvalue weighted by atomic mass is 10.00. The Morgan fingerprint density at radius 2 is 1.86 bits per heavy atom. The predicted molar refractivity (Wildman–Crippen MR) is 44.1 cm³/mol. The van der Waals surface area contributed by atoms with E-state index in [0.29, 0.717) is 0 Å². The predicted octanol–water partition coefficient (Wildman–Crippen LogP) is -1.62. The van der Waals surface area contributed by atoms with E-state index in [1.807, 2.05) is 0 Å². The normalized spacial score (nSPS) is 43.4. The average Bonchev–Trinajstić information content (AvgIpc) is 2.09. The summed E-state index contributed by atoms with van der Waals surface area (Å²) in [6.07, 6.45) is -5.86. The molecule has 0 radical (unpaired) electrons. The molecule has 6 nitrogen and oxygen atoms in total. The lowest BCUT2D eigenvalue weighted by Gasteiger charge is -2.38. The van der Waals surface area contributed by atoms with E-state index >= 15 is 0 Å². The molecular weight excluding hydrogens is 192 g/mol. The Balaban J connectivity index is 2.71. The summed E-state index contributed by atoms with van der Waals surface area (Å²) >= 11 is 0. The molecule has 1 aliphatic rings. The van der Waals surface area contributed by atoms with Crippen molar-refractivity contribution in [2.75, 3.05) is 0 Å². The highest BCUT2D eigenvalue weighted by Gasteiger charge is 2.44. The highest BCUT2D eigenvalue weighted by atomic mass is 16.6. The van der Waals surface area contributed by atoms with Gasteiger partial charge >= 0.3 is 5.97 Å². The Bertz CT molecular complexity index is 204. The second-order valence-corrected chi connectivity index (χ2v) is 3.29. The van der Waals surface area contributed by atoms with Gasteiger partial charge in [-0.25, -0.2) is 0 Å². The first kappa shape index (κ1) is 11.4. The Labute approximate surface area is 81.1 Å². The van der Waals surface area contributed by atoms with Crippen LogP contribution in [0.15, 0.2) is 0 Å². The second-order valence-electron chi connectivity index (χ2n) is 3.29. The summed E-state index contributed by atoms with van der Waals surface area (Å²) in [5.41, 5.74) is 0. The molecular formula is C8H14O6. The first-order valence-corrected chi connectivity index (χ1v) is 4.30. The summed E-state index contributed by atoms with van der Waals surface area (Å²) < 4.78 is 9.46. The van der Waals surface area contributed by atoms with Crippen LogP contribution in [0.1, 0.15) is 13.8 Å². The van der Waals surface area contributed by atoms with Crippen LogP contribution in [-0.4, -0.2) is 52.0 Å². The maximum absolute atomic E-state index is 10.6. The van der Waals surface area contributed by atoms with E-state index in [9.17, 15) is 20.1 Å². The van der Waals surface area contributed by atoms with Gasteiger partial charge < -0.3 is 24.8 Å². The summed E-state index contributed by atoms with van der Waals surface area (Å²) in [6, 6.07) is 0. The molecule has 0 saturated carbocycles. The van der Waals surface area contributed by atoms with E-state index in [0.717, 1.165) is 6.92 Å². The Morgan fingerprint density at radius 3 is 2.36 bits per heavy atom. The molecule has 0 amide bonds. The van der Waals surface area contributed by atoms with Crippen molar-refractivity contribution >= 4 is 5.97 Å². The number of rotatable bonds is 1. The molecule has 1 heterocycles. The molecule has 0 spiro atoms. The molecule has 1 aliphatic heterocycles. The quantitative estimate of drug-likeness (QED) is 0.446. The van der Waals surface area contributed by atoms with Crippen LogP contribution in [0.3, 0.4) is 0 Å². The molecule has 0 bridgehead atoms. The highest BCUT2D eigenvalue weighted by Crippen LogP contribution is 2.21. The van der Waals surface area contributed by atoms with E-state index in [2.05, 4.69) is 4.74 Å². The van der Waals surface area contributed by atoms with Crippen LogP contribution in [0.5, 0.6) is 0 Å². The van der Waals surface area contributed by atoms with Gasteiger partial charge in [0.1, 0.15) is 12.2 Å². The van der Waals surface area contributed by atoms with Crippen molar-refractivity contribution in [2.24, 2.45) is 0 Å². The number of carbonyl (C=O) groups excluding carboxylic acids is 1. The molecule has 0 aromatic heterocycles. The Kier molecular flexibility index (Phi) is 3.43. The van der Waals surface area contributed by atoms with Gasteiger partial charge in [-0.15, -0.1) is 0 Å². The van der Waals surface area contributed by atoms with Gasteiger partial charge in [0.25, 0.3) is 0 Å². The van der Waals surface area contributed by atoms with Crippen LogP contribution in [0.2, 0.25) is 0 Å². The summed E-state index contributed by atoms with van der Waals surface area (Å²) in [5.74, 6) is -0.630. The van der Waals surface area contributed by atoms with Crippen LogP contribution in [0.25, 0.3) is 0 Å². The number of hydrogen-bond acceptors (Lipinski definition) is 6. The molecule has 82 valence electrons. The summed E-state index contributed by atoms with van der Waals surface area (Å²) in [6.45, 7) is 2.67.